The van der Waals surface area contributed by atoms with Gasteiger partial charge in [-0.2, -0.15) is 0 Å². The van der Waals surface area contributed by atoms with Crippen LogP contribution in [0.3, 0.4) is 0 Å². The summed E-state index contributed by atoms with van der Waals surface area (Å²) >= 11 is 0. The average Bonchev–Trinajstić information content (AvgIpc) is 2.37. The summed E-state index contributed by atoms with van der Waals surface area (Å²) in [5.41, 5.74) is 6.10. The van der Waals surface area contributed by atoms with Gasteiger partial charge in [-0.3, -0.25) is 0 Å². The number of hydrogen-bond donors (Lipinski definition) is 1. The lowest BCUT2D eigenvalue weighted by Crippen LogP contribution is -2.16. The first-order valence-electron chi connectivity index (χ1n) is 6.70. The molecule has 1 aliphatic rings. The molecule has 0 bridgehead atoms. The molecule has 106 valence electrons. The highest BCUT2D eigenvalue weighted by atomic mass is 32.2. The topological polar surface area (TPSA) is 69.4 Å². The van der Waals surface area contributed by atoms with Crippen LogP contribution in [0.25, 0.3) is 0 Å². The molecular formula is C14H21NO3S. The number of para-hydroxylation sites is 1. The van der Waals surface area contributed by atoms with Crippen LogP contribution >= 0.6 is 0 Å². The van der Waals surface area contributed by atoms with E-state index in [1.807, 2.05) is 0 Å². The Morgan fingerprint density at radius 1 is 1.26 bits per heavy atom. The van der Waals surface area contributed by atoms with Crippen molar-refractivity contribution in [1.82, 2.24) is 0 Å². The van der Waals surface area contributed by atoms with Gasteiger partial charge in [0.1, 0.15) is 5.75 Å². The fourth-order valence-electron chi connectivity index (χ4n) is 2.53. The molecule has 1 saturated carbocycles. The third-order valence-corrected chi connectivity index (χ3v) is 4.78. The van der Waals surface area contributed by atoms with E-state index in [2.05, 4.69) is 0 Å². The summed E-state index contributed by atoms with van der Waals surface area (Å²) in [5, 5.41) is 0. The van der Waals surface area contributed by atoms with Crippen LogP contribution in [-0.4, -0.2) is 21.3 Å². The van der Waals surface area contributed by atoms with E-state index in [0.717, 1.165) is 6.26 Å². The van der Waals surface area contributed by atoms with Gasteiger partial charge in [0, 0.05) is 6.26 Å². The molecule has 1 aromatic carbocycles. The van der Waals surface area contributed by atoms with Crippen LogP contribution in [0.4, 0.5) is 5.69 Å². The summed E-state index contributed by atoms with van der Waals surface area (Å²) in [6.07, 6.45) is 7.35. The standard InChI is InChI=1S/C14H21NO3S/c1-19(16,17)13-9-5-8-12(14(13)15)18-10-11-6-3-2-4-7-11/h5,8-9,11H,2-4,6-7,10,15H2,1H3. The summed E-state index contributed by atoms with van der Waals surface area (Å²) < 4.78 is 28.9. The Hall–Kier alpha value is -1.23. The molecule has 0 unspecified atom stereocenters. The highest BCUT2D eigenvalue weighted by molar-refractivity contribution is 7.90. The Balaban J connectivity index is 2.08. The van der Waals surface area contributed by atoms with Crippen molar-refractivity contribution in [3.8, 4) is 5.75 Å². The van der Waals surface area contributed by atoms with Crippen molar-refractivity contribution in [2.75, 3.05) is 18.6 Å². The van der Waals surface area contributed by atoms with E-state index in [-0.39, 0.29) is 10.6 Å². The van der Waals surface area contributed by atoms with E-state index in [1.54, 1.807) is 12.1 Å². The Bertz CT molecular complexity index is 534. The van der Waals surface area contributed by atoms with E-state index in [9.17, 15) is 8.42 Å². The molecule has 0 aliphatic heterocycles. The maximum Gasteiger partial charge on any atom is 0.177 e. The number of nitrogen functional groups attached to an aromatic ring is 1. The van der Waals surface area contributed by atoms with E-state index >= 15 is 0 Å². The zero-order chi connectivity index (χ0) is 13.9. The largest absolute Gasteiger partial charge is 0.491 e. The molecule has 4 nitrogen and oxygen atoms in total. The fourth-order valence-corrected chi connectivity index (χ4v) is 3.36. The predicted octanol–water partition coefficient (Wildman–Crippen LogP) is 2.63. The number of sulfone groups is 1. The normalized spacial score (nSPS) is 17.3. The highest BCUT2D eigenvalue weighted by Crippen LogP contribution is 2.30. The van der Waals surface area contributed by atoms with Gasteiger partial charge in [0.25, 0.3) is 0 Å². The van der Waals surface area contributed by atoms with Crippen molar-refractivity contribution in [3.05, 3.63) is 18.2 Å². The second kappa shape index (κ2) is 5.82. The summed E-state index contributed by atoms with van der Waals surface area (Å²) in [4.78, 5) is 0.147. The summed E-state index contributed by atoms with van der Waals surface area (Å²) in [6.45, 7) is 0.622. The molecule has 5 heteroatoms. The Morgan fingerprint density at radius 3 is 2.58 bits per heavy atom. The molecule has 0 aromatic heterocycles. The molecular weight excluding hydrogens is 262 g/mol. The van der Waals surface area contributed by atoms with Gasteiger partial charge >= 0.3 is 0 Å². The number of rotatable bonds is 4. The SMILES string of the molecule is CS(=O)(=O)c1cccc(OCC2CCCCC2)c1N. The fraction of sp³-hybridized carbons (Fsp3) is 0.571. The maximum atomic E-state index is 11.6. The second-order valence-electron chi connectivity index (χ2n) is 5.26. The van der Waals surface area contributed by atoms with Crippen LogP contribution in [0, 0.1) is 5.92 Å². The van der Waals surface area contributed by atoms with Gasteiger partial charge in [-0.1, -0.05) is 25.3 Å². The van der Waals surface area contributed by atoms with Gasteiger partial charge < -0.3 is 10.5 Å². The summed E-state index contributed by atoms with van der Waals surface area (Å²) in [6, 6.07) is 4.91. The minimum absolute atomic E-state index is 0.147. The van der Waals surface area contributed by atoms with Gasteiger partial charge in [0.2, 0.25) is 0 Å². The third kappa shape index (κ3) is 3.62. The van der Waals surface area contributed by atoms with Crippen LogP contribution in [0.1, 0.15) is 32.1 Å². The molecule has 0 spiro atoms. The molecule has 2 N–H and O–H groups in total. The Kier molecular flexibility index (Phi) is 4.34. The van der Waals surface area contributed by atoms with Crippen molar-refractivity contribution >= 4 is 15.5 Å². The van der Waals surface area contributed by atoms with Crippen molar-refractivity contribution in [2.45, 2.75) is 37.0 Å². The minimum Gasteiger partial charge on any atom is -0.491 e. The first-order valence-corrected chi connectivity index (χ1v) is 8.59. The minimum atomic E-state index is -3.30. The monoisotopic (exact) mass is 283 g/mol. The van der Waals surface area contributed by atoms with Gasteiger partial charge in [-0.05, 0) is 30.9 Å². The van der Waals surface area contributed by atoms with Crippen LogP contribution in [0.2, 0.25) is 0 Å². The number of anilines is 1. The van der Waals surface area contributed by atoms with E-state index in [0.29, 0.717) is 18.3 Å². The Labute approximate surface area is 114 Å². The average molecular weight is 283 g/mol. The molecule has 0 atom stereocenters. The molecule has 2 rings (SSSR count). The second-order valence-corrected chi connectivity index (χ2v) is 7.24. The van der Waals surface area contributed by atoms with Gasteiger partial charge in [-0.25, -0.2) is 8.42 Å². The van der Waals surface area contributed by atoms with Crippen molar-refractivity contribution in [1.29, 1.82) is 0 Å². The molecule has 19 heavy (non-hydrogen) atoms. The van der Waals surface area contributed by atoms with E-state index < -0.39 is 9.84 Å². The summed E-state index contributed by atoms with van der Waals surface area (Å²) in [5.74, 6) is 1.04. The number of nitrogens with two attached hydrogens (primary N) is 1. The van der Waals surface area contributed by atoms with E-state index in [1.165, 1.54) is 38.2 Å². The molecule has 0 heterocycles. The molecule has 1 fully saturated rings. The van der Waals surface area contributed by atoms with E-state index in [4.69, 9.17) is 10.5 Å². The van der Waals surface area contributed by atoms with Crippen molar-refractivity contribution in [2.24, 2.45) is 5.92 Å². The first kappa shape index (κ1) is 14.2. The van der Waals surface area contributed by atoms with Crippen LogP contribution in [0.5, 0.6) is 5.75 Å². The molecule has 0 amide bonds. The Morgan fingerprint density at radius 2 is 1.95 bits per heavy atom. The third-order valence-electron chi connectivity index (χ3n) is 3.62. The molecule has 1 aromatic rings. The molecule has 1 aliphatic carbocycles. The van der Waals surface area contributed by atoms with Crippen molar-refractivity contribution in [3.63, 3.8) is 0 Å². The zero-order valence-electron chi connectivity index (χ0n) is 11.3. The highest BCUT2D eigenvalue weighted by Gasteiger charge is 2.17. The van der Waals surface area contributed by atoms with Crippen molar-refractivity contribution < 1.29 is 13.2 Å². The van der Waals surface area contributed by atoms with Crippen LogP contribution in [0.15, 0.2) is 23.1 Å². The number of hydrogen-bond acceptors (Lipinski definition) is 4. The van der Waals surface area contributed by atoms with Gasteiger partial charge in [0.15, 0.2) is 9.84 Å². The maximum absolute atomic E-state index is 11.6. The number of benzene rings is 1. The quantitative estimate of drug-likeness (QED) is 0.862. The lowest BCUT2D eigenvalue weighted by molar-refractivity contribution is 0.209. The van der Waals surface area contributed by atoms with Crippen LogP contribution < -0.4 is 10.5 Å². The van der Waals surface area contributed by atoms with Crippen LogP contribution in [-0.2, 0) is 9.84 Å². The first-order chi connectivity index (χ1) is 8.98. The lowest BCUT2D eigenvalue weighted by Gasteiger charge is -2.22. The molecule has 0 radical (unpaired) electrons. The summed E-state index contributed by atoms with van der Waals surface area (Å²) in [7, 11) is -3.30. The smallest absolute Gasteiger partial charge is 0.177 e. The molecule has 0 saturated heterocycles. The lowest BCUT2D eigenvalue weighted by atomic mass is 9.90. The van der Waals surface area contributed by atoms with Gasteiger partial charge in [0.05, 0.1) is 17.2 Å². The number of ether oxygens (including phenoxy) is 1. The predicted molar refractivity (Wildman–Crippen MR) is 76.0 cm³/mol. The van der Waals surface area contributed by atoms with Gasteiger partial charge in [-0.15, -0.1) is 0 Å². The zero-order valence-corrected chi connectivity index (χ0v) is 12.1.